The van der Waals surface area contributed by atoms with E-state index < -0.39 is 11.5 Å². The molecule has 0 amide bonds. The molecule has 0 aliphatic rings. The van der Waals surface area contributed by atoms with E-state index in [-0.39, 0.29) is 17.7 Å². The molecule has 0 unspecified atom stereocenters. The van der Waals surface area contributed by atoms with Gasteiger partial charge in [-0.25, -0.2) is 4.79 Å². The highest BCUT2D eigenvalue weighted by Crippen LogP contribution is 2.45. The molecule has 6 rings (SSSR count). The zero-order valence-corrected chi connectivity index (χ0v) is 27.0. The number of nitrogens with zero attached hydrogens (tertiary/aromatic N) is 2. The lowest BCUT2D eigenvalue weighted by atomic mass is 9.95. The Morgan fingerprint density at radius 3 is 2.08 bits per heavy atom. The number of hydrogen-bond acceptors (Lipinski definition) is 10. The third-order valence-electron chi connectivity index (χ3n) is 7.99. The normalized spacial score (nSPS) is 10.9. The molecule has 11 nitrogen and oxygen atoms in total. The molecule has 0 aliphatic carbocycles. The molecule has 0 aliphatic heterocycles. The molecule has 244 valence electrons. The van der Waals surface area contributed by atoms with Gasteiger partial charge in [-0.15, -0.1) is 0 Å². The van der Waals surface area contributed by atoms with Crippen LogP contribution in [0.4, 0.5) is 5.69 Å². The summed E-state index contributed by atoms with van der Waals surface area (Å²) < 4.78 is 35.4. The van der Waals surface area contributed by atoms with Gasteiger partial charge < -0.3 is 34.2 Å². The molecule has 0 saturated heterocycles. The predicted molar refractivity (Wildman–Crippen MR) is 183 cm³/mol. The van der Waals surface area contributed by atoms with Crippen molar-refractivity contribution in [2.24, 2.45) is 0 Å². The largest absolute Gasteiger partial charge is 0.493 e. The Morgan fingerprint density at radius 1 is 0.771 bits per heavy atom. The Kier molecular flexibility index (Phi) is 8.76. The van der Waals surface area contributed by atoms with Crippen LogP contribution in [0.2, 0.25) is 0 Å². The quantitative estimate of drug-likeness (QED) is 0.136. The second kappa shape index (κ2) is 13.2. The van der Waals surface area contributed by atoms with Crippen molar-refractivity contribution in [3.8, 4) is 45.6 Å². The summed E-state index contributed by atoms with van der Waals surface area (Å²) in [6.07, 6.45) is 1.75. The first kappa shape index (κ1) is 31.7. The summed E-state index contributed by atoms with van der Waals surface area (Å²) in [7, 11) is 7.24. The van der Waals surface area contributed by atoms with Gasteiger partial charge in [0.15, 0.2) is 23.0 Å². The molecule has 0 bridgehead atoms. The Bertz CT molecular complexity index is 2200. The van der Waals surface area contributed by atoms with Crippen LogP contribution >= 0.6 is 0 Å². The molecule has 0 atom stereocenters. The highest BCUT2D eigenvalue weighted by molar-refractivity contribution is 6.08. The first-order valence-electron chi connectivity index (χ1n) is 14.8. The molecular formula is C37H33N3O8. The minimum Gasteiger partial charge on any atom is -0.493 e. The fourth-order valence-electron chi connectivity index (χ4n) is 5.71. The van der Waals surface area contributed by atoms with Gasteiger partial charge in [0.1, 0.15) is 12.3 Å². The van der Waals surface area contributed by atoms with Crippen LogP contribution in [0.5, 0.6) is 28.7 Å². The molecule has 11 heteroatoms. The van der Waals surface area contributed by atoms with Crippen molar-refractivity contribution in [3.63, 3.8) is 0 Å². The summed E-state index contributed by atoms with van der Waals surface area (Å²) in [5.74, 6) is 0.953. The number of ether oxygens (including phenoxy) is 6. The van der Waals surface area contributed by atoms with E-state index in [1.54, 1.807) is 54.7 Å². The lowest BCUT2D eigenvalue weighted by molar-refractivity contribution is 0.0591. The average Bonchev–Trinajstić information content (AvgIpc) is 3.12. The highest BCUT2D eigenvalue weighted by Gasteiger charge is 2.28. The monoisotopic (exact) mass is 647 g/mol. The zero-order valence-electron chi connectivity index (χ0n) is 27.0. The number of esters is 1. The lowest BCUT2D eigenvalue weighted by Gasteiger charge is -2.21. The predicted octanol–water partition coefficient (Wildman–Crippen LogP) is 6.19. The van der Waals surface area contributed by atoms with E-state index in [0.29, 0.717) is 56.6 Å². The molecule has 6 aromatic rings. The van der Waals surface area contributed by atoms with Crippen molar-refractivity contribution in [1.29, 1.82) is 0 Å². The van der Waals surface area contributed by atoms with E-state index in [0.717, 1.165) is 16.5 Å². The van der Waals surface area contributed by atoms with E-state index in [1.807, 2.05) is 30.3 Å². The van der Waals surface area contributed by atoms with Crippen LogP contribution in [-0.4, -0.2) is 51.1 Å². The van der Waals surface area contributed by atoms with Crippen LogP contribution in [-0.2, 0) is 11.3 Å². The van der Waals surface area contributed by atoms with Crippen molar-refractivity contribution in [1.82, 2.24) is 9.55 Å². The number of benzene rings is 4. The first-order chi connectivity index (χ1) is 23.3. The second-order valence-corrected chi connectivity index (χ2v) is 10.7. The summed E-state index contributed by atoms with van der Waals surface area (Å²) >= 11 is 0. The molecule has 0 spiro atoms. The summed E-state index contributed by atoms with van der Waals surface area (Å²) in [5.41, 5.74) is 8.87. The van der Waals surface area contributed by atoms with Gasteiger partial charge in [-0.1, -0.05) is 18.2 Å². The number of nitrogens with two attached hydrogens (primary N) is 1. The number of rotatable bonds is 10. The maximum absolute atomic E-state index is 14.5. The van der Waals surface area contributed by atoms with Gasteiger partial charge in [-0.3, -0.25) is 14.3 Å². The van der Waals surface area contributed by atoms with Gasteiger partial charge in [0, 0.05) is 39.5 Å². The van der Waals surface area contributed by atoms with Crippen LogP contribution in [0.25, 0.3) is 38.5 Å². The number of methoxy groups -OCH3 is 5. The average molecular weight is 648 g/mol. The fraction of sp³-hybridized carbons (Fsp3) is 0.162. The summed E-state index contributed by atoms with van der Waals surface area (Å²) in [4.78, 5) is 32.7. The van der Waals surface area contributed by atoms with E-state index in [9.17, 15) is 9.59 Å². The molecule has 0 fully saturated rings. The van der Waals surface area contributed by atoms with Crippen molar-refractivity contribution >= 4 is 33.3 Å². The summed E-state index contributed by atoms with van der Waals surface area (Å²) in [6, 6.07) is 23.1. The highest BCUT2D eigenvalue weighted by atomic mass is 16.5. The smallest absolute Gasteiger partial charge is 0.355 e. The number of para-hydroxylation sites is 1. The molecule has 2 N–H and O–H groups in total. The van der Waals surface area contributed by atoms with Crippen LogP contribution in [0.1, 0.15) is 16.1 Å². The number of hydrogen-bond donors (Lipinski definition) is 1. The van der Waals surface area contributed by atoms with E-state index in [2.05, 4.69) is 4.98 Å². The number of aromatic nitrogens is 2. The number of carbonyl (C=O) groups is 1. The maximum atomic E-state index is 14.5. The fourth-order valence-corrected chi connectivity index (χ4v) is 5.71. The van der Waals surface area contributed by atoms with Crippen molar-refractivity contribution in [2.75, 3.05) is 41.3 Å². The zero-order chi connectivity index (χ0) is 33.9. The van der Waals surface area contributed by atoms with Crippen molar-refractivity contribution in [2.45, 2.75) is 6.61 Å². The van der Waals surface area contributed by atoms with Gasteiger partial charge >= 0.3 is 5.97 Å². The number of pyridine rings is 2. The Balaban J connectivity index is 1.65. The topological polar surface area (TPSA) is 133 Å². The van der Waals surface area contributed by atoms with Gasteiger partial charge in [-0.2, -0.15) is 0 Å². The number of nitrogen functional groups attached to an aromatic ring is 1. The molecule has 4 aromatic carbocycles. The minimum absolute atomic E-state index is 0.0352. The Labute approximate surface area is 276 Å². The third-order valence-corrected chi connectivity index (χ3v) is 7.99. The first-order valence-corrected chi connectivity index (χ1v) is 14.8. The van der Waals surface area contributed by atoms with Crippen molar-refractivity contribution in [3.05, 3.63) is 107 Å². The summed E-state index contributed by atoms with van der Waals surface area (Å²) in [6.45, 7) is 0.159. The molecule has 2 heterocycles. The Hall–Kier alpha value is -6.23. The van der Waals surface area contributed by atoms with Gasteiger partial charge in [0.2, 0.25) is 5.75 Å². The third kappa shape index (κ3) is 5.66. The molecule has 48 heavy (non-hydrogen) atoms. The Morgan fingerprint density at radius 2 is 1.44 bits per heavy atom. The van der Waals surface area contributed by atoms with Crippen LogP contribution in [0.15, 0.2) is 89.9 Å². The number of anilines is 1. The number of carbonyl (C=O) groups excluding carboxylic acids is 1. The maximum Gasteiger partial charge on any atom is 0.355 e. The second-order valence-electron chi connectivity index (χ2n) is 10.7. The number of fused-ring (bicyclic) bond motifs is 2. The minimum atomic E-state index is -0.752. The van der Waals surface area contributed by atoms with E-state index in [4.69, 9.17) is 34.2 Å². The summed E-state index contributed by atoms with van der Waals surface area (Å²) in [5, 5.41) is 1.62. The molecule has 0 radical (unpaired) electrons. The lowest BCUT2D eigenvalue weighted by Crippen LogP contribution is -2.27. The SMILES string of the molecule is COC(=O)c1c(-c2cc(OC)c(OC)c(OC)c2)c2cc(OC)c(OCc3cnc4ccccc4c3)cc2c(=O)n1-c1ccc(N)cc1. The van der Waals surface area contributed by atoms with Crippen LogP contribution < -0.4 is 35.0 Å². The molecular weight excluding hydrogens is 614 g/mol. The van der Waals surface area contributed by atoms with Gasteiger partial charge in [0.25, 0.3) is 5.56 Å². The van der Waals surface area contributed by atoms with Gasteiger partial charge in [-0.05, 0) is 66.2 Å². The van der Waals surface area contributed by atoms with Gasteiger partial charge in [0.05, 0.1) is 46.5 Å². The van der Waals surface area contributed by atoms with E-state index >= 15 is 0 Å². The van der Waals surface area contributed by atoms with Crippen LogP contribution in [0.3, 0.4) is 0 Å². The van der Waals surface area contributed by atoms with Crippen LogP contribution in [0, 0.1) is 0 Å². The van der Waals surface area contributed by atoms with E-state index in [1.165, 1.54) is 40.1 Å². The molecule has 2 aromatic heterocycles. The molecule has 0 saturated carbocycles. The van der Waals surface area contributed by atoms with Crippen molar-refractivity contribution < 1.29 is 33.2 Å². The standard InChI is InChI=1S/C37H33N3O8/c1-43-29-17-26-27(18-30(29)48-20-21-14-22-8-6-7-9-28(22)39-19-21)36(41)40(25-12-10-24(38)11-13-25)34(37(42)47-5)33(26)23-15-31(44-2)35(46-4)32(16-23)45-3/h6-19H,20,38H2,1-5H3.